The zero-order valence-electron chi connectivity index (χ0n) is 15.1. The van der Waals surface area contributed by atoms with Gasteiger partial charge in [-0.15, -0.1) is 0 Å². The molecule has 0 amide bonds. The lowest BCUT2D eigenvalue weighted by molar-refractivity contribution is -0.198. The van der Waals surface area contributed by atoms with Crippen LogP contribution in [0.1, 0.15) is 52.9 Å². The molecule has 2 aliphatic heterocycles. The Balaban J connectivity index is 1.54. The fourth-order valence-corrected chi connectivity index (χ4v) is 6.68. The fourth-order valence-electron chi connectivity index (χ4n) is 6.68. The molecule has 1 saturated heterocycles. The van der Waals surface area contributed by atoms with Crippen molar-refractivity contribution in [3.63, 3.8) is 0 Å². The number of fused-ring (bicyclic) bond motifs is 3. The zero-order valence-corrected chi connectivity index (χ0v) is 15.1. The maximum atomic E-state index is 12.8. The van der Waals surface area contributed by atoms with Crippen LogP contribution in [0.2, 0.25) is 0 Å². The Morgan fingerprint density at radius 1 is 1.44 bits per heavy atom. The van der Waals surface area contributed by atoms with Gasteiger partial charge in [0.15, 0.2) is 0 Å². The molecule has 1 spiro atoms. The normalized spacial score (nSPS) is 49.8. The number of hydrogen-bond acceptors (Lipinski definition) is 5. The molecule has 3 bridgehead atoms. The van der Waals surface area contributed by atoms with E-state index < -0.39 is 6.29 Å². The monoisotopic (exact) mass is 346 g/mol. The van der Waals surface area contributed by atoms with E-state index in [1.807, 2.05) is 13.8 Å². The molecular formula is C20H26O5. The van der Waals surface area contributed by atoms with E-state index in [2.05, 4.69) is 6.92 Å². The molecule has 2 heterocycles. The average molecular weight is 346 g/mol. The number of ether oxygens (including phenoxy) is 3. The number of carbonyl (C=O) groups is 2. The van der Waals surface area contributed by atoms with Crippen molar-refractivity contribution in [3.8, 4) is 0 Å². The van der Waals surface area contributed by atoms with Gasteiger partial charge in [-0.05, 0) is 50.9 Å². The van der Waals surface area contributed by atoms with Gasteiger partial charge in [-0.1, -0.05) is 13.8 Å². The molecule has 136 valence electrons. The van der Waals surface area contributed by atoms with Gasteiger partial charge in [0, 0.05) is 16.9 Å². The molecule has 0 radical (unpaired) electrons. The van der Waals surface area contributed by atoms with Crippen molar-refractivity contribution in [1.29, 1.82) is 0 Å². The summed E-state index contributed by atoms with van der Waals surface area (Å²) in [6, 6.07) is 0. The molecule has 3 aliphatic carbocycles. The first-order chi connectivity index (χ1) is 11.9. The Labute approximate surface area is 148 Å². The van der Waals surface area contributed by atoms with Crippen molar-refractivity contribution in [1.82, 2.24) is 0 Å². The number of hydrogen-bond donors (Lipinski definition) is 0. The highest BCUT2D eigenvalue weighted by atomic mass is 16.7. The highest BCUT2D eigenvalue weighted by Gasteiger charge is 2.77. The van der Waals surface area contributed by atoms with Gasteiger partial charge in [0.1, 0.15) is 6.10 Å². The molecule has 3 saturated carbocycles. The van der Waals surface area contributed by atoms with Gasteiger partial charge in [-0.2, -0.15) is 0 Å². The van der Waals surface area contributed by atoms with E-state index in [1.54, 1.807) is 6.26 Å². The second-order valence-corrected chi connectivity index (χ2v) is 8.91. The van der Waals surface area contributed by atoms with Gasteiger partial charge >= 0.3 is 11.9 Å². The average Bonchev–Trinajstić information content (AvgIpc) is 3.04. The van der Waals surface area contributed by atoms with E-state index in [0.717, 1.165) is 37.7 Å². The highest BCUT2D eigenvalue weighted by Crippen LogP contribution is 2.76. The van der Waals surface area contributed by atoms with E-state index >= 15 is 0 Å². The van der Waals surface area contributed by atoms with Crippen molar-refractivity contribution in [2.75, 3.05) is 0 Å². The highest BCUT2D eigenvalue weighted by molar-refractivity contribution is 5.81. The van der Waals surface area contributed by atoms with Crippen LogP contribution in [0.4, 0.5) is 0 Å². The van der Waals surface area contributed by atoms with E-state index in [4.69, 9.17) is 14.2 Å². The molecule has 0 aromatic heterocycles. The quantitative estimate of drug-likeness (QED) is 0.735. The van der Waals surface area contributed by atoms with Gasteiger partial charge in [0.25, 0.3) is 0 Å². The first-order valence-corrected chi connectivity index (χ1v) is 9.70. The minimum atomic E-state index is -0.523. The molecule has 4 fully saturated rings. The summed E-state index contributed by atoms with van der Waals surface area (Å²) in [5.74, 6) is 0.482. The van der Waals surface area contributed by atoms with Crippen molar-refractivity contribution in [3.05, 3.63) is 11.8 Å². The van der Waals surface area contributed by atoms with E-state index in [9.17, 15) is 9.59 Å². The molecule has 25 heavy (non-hydrogen) atoms. The van der Waals surface area contributed by atoms with Gasteiger partial charge in [0.05, 0.1) is 17.6 Å². The van der Waals surface area contributed by atoms with E-state index in [1.165, 1.54) is 0 Å². The third-order valence-corrected chi connectivity index (χ3v) is 8.18. The van der Waals surface area contributed by atoms with Crippen LogP contribution in [-0.2, 0) is 23.8 Å². The van der Waals surface area contributed by atoms with Crippen molar-refractivity contribution in [2.45, 2.75) is 65.3 Å². The Bertz CT molecular complexity index is 684. The van der Waals surface area contributed by atoms with E-state index in [0.29, 0.717) is 5.92 Å². The molecule has 5 rings (SSSR count). The van der Waals surface area contributed by atoms with Crippen molar-refractivity contribution >= 4 is 11.9 Å². The number of carbonyl (C=O) groups excluding carboxylic acids is 2. The second-order valence-electron chi connectivity index (χ2n) is 8.91. The lowest BCUT2D eigenvalue weighted by Gasteiger charge is -2.48. The summed E-state index contributed by atoms with van der Waals surface area (Å²) in [6.45, 7) is 5.98. The first kappa shape index (κ1) is 15.7. The summed E-state index contributed by atoms with van der Waals surface area (Å²) in [5.41, 5.74) is 0.693. The van der Waals surface area contributed by atoms with Crippen LogP contribution < -0.4 is 0 Å². The lowest BCUT2D eigenvalue weighted by Crippen LogP contribution is -2.49. The Morgan fingerprint density at radius 2 is 2.24 bits per heavy atom. The van der Waals surface area contributed by atoms with Crippen LogP contribution in [0, 0.1) is 34.5 Å². The molecule has 8 atom stereocenters. The van der Waals surface area contributed by atoms with Crippen LogP contribution in [0.3, 0.4) is 0 Å². The molecule has 0 aromatic carbocycles. The maximum Gasteiger partial charge on any atom is 0.312 e. The van der Waals surface area contributed by atoms with Crippen molar-refractivity contribution in [2.24, 2.45) is 34.5 Å². The Morgan fingerprint density at radius 3 is 3.00 bits per heavy atom. The standard InChI is InChI=1S/C20H26O5/c1-4-10(2)16(21)25-17-12-5-6-15-19(3)11-7-14(24-18(19)22)13(9-23-17)20(12,15)8-11/h9-12,14-15,17H,4-8H2,1-3H3. The largest absolute Gasteiger partial charge is 0.462 e. The Kier molecular flexibility index (Phi) is 3.02. The molecule has 5 heteroatoms. The predicted molar refractivity (Wildman–Crippen MR) is 87.9 cm³/mol. The van der Waals surface area contributed by atoms with Crippen LogP contribution in [-0.4, -0.2) is 24.3 Å². The topological polar surface area (TPSA) is 61.8 Å². The minimum absolute atomic E-state index is 0.0280. The second kappa shape index (κ2) is 4.80. The summed E-state index contributed by atoms with van der Waals surface area (Å²) in [6.07, 6.45) is 5.72. The summed E-state index contributed by atoms with van der Waals surface area (Å²) in [5, 5.41) is 0. The molecule has 0 aromatic rings. The third kappa shape index (κ3) is 1.65. The SMILES string of the molecule is CCC(C)C(=O)OC1OC=C2C3CC4CC25C1CCC5C4(C)C(=O)O3. The van der Waals surface area contributed by atoms with Crippen LogP contribution in [0.25, 0.3) is 0 Å². The van der Waals surface area contributed by atoms with Crippen LogP contribution >= 0.6 is 0 Å². The summed E-state index contributed by atoms with van der Waals surface area (Å²) in [4.78, 5) is 25.1. The fraction of sp³-hybridized carbons (Fsp3) is 0.800. The molecular weight excluding hydrogens is 320 g/mol. The first-order valence-electron chi connectivity index (χ1n) is 9.70. The van der Waals surface area contributed by atoms with Crippen LogP contribution in [0.15, 0.2) is 11.8 Å². The van der Waals surface area contributed by atoms with Gasteiger partial charge in [-0.25, -0.2) is 0 Å². The number of rotatable bonds is 3. The summed E-state index contributed by atoms with van der Waals surface area (Å²) < 4.78 is 17.5. The maximum absolute atomic E-state index is 12.8. The third-order valence-electron chi connectivity index (χ3n) is 8.18. The Hall–Kier alpha value is -1.52. The lowest BCUT2D eigenvalue weighted by atomic mass is 9.62. The minimum Gasteiger partial charge on any atom is -0.462 e. The molecule has 5 nitrogen and oxygen atoms in total. The van der Waals surface area contributed by atoms with Gasteiger partial charge in [-0.3, -0.25) is 9.59 Å². The molecule has 0 N–H and O–H groups in total. The molecule has 8 unspecified atom stereocenters. The number of esters is 2. The molecule has 5 aliphatic rings. The van der Waals surface area contributed by atoms with E-state index in [-0.39, 0.29) is 46.6 Å². The summed E-state index contributed by atoms with van der Waals surface area (Å²) in [7, 11) is 0. The van der Waals surface area contributed by atoms with Crippen molar-refractivity contribution < 1.29 is 23.8 Å². The predicted octanol–water partition coefficient (Wildman–Crippen LogP) is 3.18. The van der Waals surface area contributed by atoms with Gasteiger partial charge in [0.2, 0.25) is 6.29 Å². The summed E-state index contributed by atoms with van der Waals surface area (Å²) >= 11 is 0. The van der Waals surface area contributed by atoms with Gasteiger partial charge < -0.3 is 14.2 Å². The smallest absolute Gasteiger partial charge is 0.312 e. The zero-order chi connectivity index (χ0) is 17.6. The van der Waals surface area contributed by atoms with Crippen LogP contribution in [0.5, 0.6) is 0 Å².